The number of alkyl halides is 1. The van der Waals surface area contributed by atoms with Crippen LogP contribution in [-0.4, -0.2) is 4.92 Å². The van der Waals surface area contributed by atoms with Crippen LogP contribution in [0.1, 0.15) is 11.1 Å². The number of nitro benzene ring substituents is 1. The van der Waals surface area contributed by atoms with Crippen LogP contribution in [0.3, 0.4) is 0 Å². The molecular weight excluding hydrogens is 390 g/mol. The summed E-state index contributed by atoms with van der Waals surface area (Å²) >= 11 is 6.82. The Morgan fingerprint density at radius 3 is 2.60 bits per heavy atom. The molecule has 0 atom stereocenters. The number of benzene rings is 2. The highest BCUT2D eigenvalue weighted by molar-refractivity contribution is 9.10. The van der Waals surface area contributed by atoms with E-state index in [-0.39, 0.29) is 11.4 Å². The lowest BCUT2D eigenvalue weighted by Crippen LogP contribution is -1.94. The van der Waals surface area contributed by atoms with Crippen molar-refractivity contribution in [1.82, 2.24) is 0 Å². The van der Waals surface area contributed by atoms with Gasteiger partial charge in [-0.05, 0) is 36.2 Å². The van der Waals surface area contributed by atoms with E-state index >= 15 is 0 Å². The van der Waals surface area contributed by atoms with E-state index in [1.54, 1.807) is 24.3 Å². The molecule has 0 saturated heterocycles. The molecule has 0 fully saturated rings. The maximum absolute atomic E-state index is 11.0. The molecule has 0 saturated carbocycles. The Morgan fingerprint density at radius 2 is 2.00 bits per heavy atom. The first-order valence-electron chi connectivity index (χ1n) is 5.78. The van der Waals surface area contributed by atoms with Crippen LogP contribution in [0.15, 0.2) is 40.9 Å². The van der Waals surface area contributed by atoms with Crippen molar-refractivity contribution in [1.29, 1.82) is 0 Å². The van der Waals surface area contributed by atoms with Crippen LogP contribution in [0.5, 0.6) is 11.5 Å². The van der Waals surface area contributed by atoms with Crippen molar-refractivity contribution >= 4 is 37.5 Å². The van der Waals surface area contributed by atoms with Gasteiger partial charge in [0.05, 0.1) is 4.92 Å². The fraction of sp³-hybridized carbons (Fsp3) is 0.143. The third-order valence-electron chi connectivity index (χ3n) is 2.71. The topological polar surface area (TPSA) is 52.4 Å². The minimum Gasteiger partial charge on any atom is -0.450 e. The van der Waals surface area contributed by atoms with Gasteiger partial charge in [-0.25, -0.2) is 0 Å². The molecule has 0 bridgehead atoms. The predicted octanol–water partition coefficient (Wildman–Crippen LogP) is 5.35. The van der Waals surface area contributed by atoms with Crippen LogP contribution in [0.4, 0.5) is 5.69 Å². The molecule has 0 aliphatic rings. The third kappa shape index (κ3) is 3.37. The number of ether oxygens (including phenoxy) is 1. The predicted molar refractivity (Wildman–Crippen MR) is 84.7 cm³/mol. The monoisotopic (exact) mass is 399 g/mol. The fourth-order valence-corrected chi connectivity index (χ4v) is 3.04. The van der Waals surface area contributed by atoms with Gasteiger partial charge in [0.2, 0.25) is 5.75 Å². The number of hydrogen-bond donors (Lipinski definition) is 0. The van der Waals surface area contributed by atoms with E-state index in [1.807, 2.05) is 13.0 Å². The van der Waals surface area contributed by atoms with Gasteiger partial charge in [0.25, 0.3) is 0 Å². The van der Waals surface area contributed by atoms with Gasteiger partial charge in [-0.15, -0.1) is 0 Å². The number of hydrogen-bond acceptors (Lipinski definition) is 3. The first kappa shape index (κ1) is 15.0. The summed E-state index contributed by atoms with van der Waals surface area (Å²) in [6.45, 7) is 1.86. The number of nitrogens with zero attached hydrogens (tertiary/aromatic N) is 1. The molecule has 0 amide bonds. The fourth-order valence-electron chi connectivity index (χ4n) is 1.68. The van der Waals surface area contributed by atoms with Gasteiger partial charge in [-0.1, -0.05) is 44.0 Å². The van der Waals surface area contributed by atoms with Crippen molar-refractivity contribution in [3.8, 4) is 11.5 Å². The van der Waals surface area contributed by atoms with Gasteiger partial charge in [-0.2, -0.15) is 0 Å². The van der Waals surface area contributed by atoms with E-state index in [0.29, 0.717) is 5.75 Å². The summed E-state index contributed by atoms with van der Waals surface area (Å²) in [4.78, 5) is 10.6. The molecule has 0 radical (unpaired) electrons. The molecule has 0 aromatic heterocycles. The molecule has 20 heavy (non-hydrogen) atoms. The van der Waals surface area contributed by atoms with Gasteiger partial charge >= 0.3 is 5.69 Å². The Kier molecular flexibility index (Phi) is 4.77. The second-order valence-corrected chi connectivity index (χ2v) is 5.63. The van der Waals surface area contributed by atoms with Crippen molar-refractivity contribution in [2.45, 2.75) is 12.3 Å². The van der Waals surface area contributed by atoms with Gasteiger partial charge in [0, 0.05) is 15.9 Å². The van der Waals surface area contributed by atoms with Crippen molar-refractivity contribution in [3.05, 3.63) is 62.1 Å². The molecule has 0 spiro atoms. The maximum Gasteiger partial charge on any atom is 0.311 e. The van der Waals surface area contributed by atoms with E-state index in [4.69, 9.17) is 4.74 Å². The van der Waals surface area contributed by atoms with Crippen LogP contribution in [0.2, 0.25) is 0 Å². The van der Waals surface area contributed by atoms with Crippen molar-refractivity contribution in [3.63, 3.8) is 0 Å². The van der Waals surface area contributed by atoms with Gasteiger partial charge in [0.15, 0.2) is 0 Å². The highest BCUT2D eigenvalue weighted by Gasteiger charge is 2.16. The molecule has 0 aliphatic carbocycles. The van der Waals surface area contributed by atoms with Gasteiger partial charge in [-0.3, -0.25) is 10.1 Å². The largest absolute Gasteiger partial charge is 0.450 e. The summed E-state index contributed by atoms with van der Waals surface area (Å²) in [6, 6.07) is 10.3. The Morgan fingerprint density at radius 1 is 1.25 bits per heavy atom. The lowest BCUT2D eigenvalue weighted by atomic mass is 10.2. The van der Waals surface area contributed by atoms with Crippen LogP contribution >= 0.6 is 31.9 Å². The molecule has 2 aromatic rings. The van der Waals surface area contributed by atoms with E-state index in [2.05, 4.69) is 31.9 Å². The van der Waals surface area contributed by atoms with E-state index in [0.717, 1.165) is 20.9 Å². The Bertz CT molecular complexity index is 659. The average molecular weight is 401 g/mol. The van der Waals surface area contributed by atoms with Crippen molar-refractivity contribution in [2.75, 3.05) is 0 Å². The SMILES string of the molecule is Cc1ccc([N+](=O)[O-])c(Oc2ccc(CBr)c(Br)c2)c1. The van der Waals surface area contributed by atoms with E-state index in [9.17, 15) is 10.1 Å². The summed E-state index contributed by atoms with van der Waals surface area (Å²) < 4.78 is 6.54. The van der Waals surface area contributed by atoms with Crippen LogP contribution in [-0.2, 0) is 5.33 Å². The summed E-state index contributed by atoms with van der Waals surface area (Å²) in [6.07, 6.45) is 0. The second kappa shape index (κ2) is 6.37. The highest BCUT2D eigenvalue weighted by Crippen LogP contribution is 2.34. The van der Waals surface area contributed by atoms with Gasteiger partial charge in [0.1, 0.15) is 5.75 Å². The molecule has 0 aliphatic heterocycles. The summed E-state index contributed by atoms with van der Waals surface area (Å²) in [5, 5.41) is 11.7. The smallest absolute Gasteiger partial charge is 0.311 e. The Balaban J connectivity index is 2.36. The Labute approximate surface area is 133 Å². The number of aryl methyl sites for hydroxylation is 1. The lowest BCUT2D eigenvalue weighted by Gasteiger charge is -2.09. The van der Waals surface area contributed by atoms with Crippen molar-refractivity contribution < 1.29 is 9.66 Å². The summed E-state index contributed by atoms with van der Waals surface area (Å²) in [5.74, 6) is 0.795. The first-order chi connectivity index (χ1) is 9.51. The number of nitro groups is 1. The molecule has 0 unspecified atom stereocenters. The first-order valence-corrected chi connectivity index (χ1v) is 7.70. The summed E-state index contributed by atoms with van der Waals surface area (Å²) in [7, 11) is 0. The number of rotatable bonds is 4. The summed E-state index contributed by atoms with van der Waals surface area (Å²) in [5.41, 5.74) is 1.94. The maximum atomic E-state index is 11.0. The normalized spacial score (nSPS) is 10.3. The minimum absolute atomic E-state index is 0.0451. The van der Waals surface area contributed by atoms with E-state index in [1.165, 1.54) is 6.07 Å². The zero-order chi connectivity index (χ0) is 14.7. The van der Waals surface area contributed by atoms with Crippen molar-refractivity contribution in [2.24, 2.45) is 0 Å². The molecule has 2 rings (SSSR count). The molecule has 6 heteroatoms. The van der Waals surface area contributed by atoms with Gasteiger partial charge < -0.3 is 4.74 Å². The lowest BCUT2D eigenvalue weighted by molar-refractivity contribution is -0.385. The highest BCUT2D eigenvalue weighted by atomic mass is 79.9. The Hall–Kier alpha value is -1.40. The van der Waals surface area contributed by atoms with Crippen LogP contribution in [0, 0.1) is 17.0 Å². The molecule has 0 heterocycles. The number of halogens is 2. The molecule has 104 valence electrons. The standard InChI is InChI=1S/C14H11Br2NO3/c1-9-2-5-13(17(18)19)14(6-9)20-11-4-3-10(8-15)12(16)7-11/h2-7H,8H2,1H3. The van der Waals surface area contributed by atoms with Crippen LogP contribution < -0.4 is 4.74 Å². The zero-order valence-electron chi connectivity index (χ0n) is 10.6. The molecule has 0 N–H and O–H groups in total. The third-order valence-corrected chi connectivity index (χ3v) is 4.05. The molecular formula is C14H11Br2NO3. The molecule has 4 nitrogen and oxygen atoms in total. The second-order valence-electron chi connectivity index (χ2n) is 4.22. The van der Waals surface area contributed by atoms with Crippen LogP contribution in [0.25, 0.3) is 0 Å². The quantitative estimate of drug-likeness (QED) is 0.394. The minimum atomic E-state index is -0.448. The molecule has 2 aromatic carbocycles. The van der Waals surface area contributed by atoms with E-state index < -0.39 is 4.92 Å². The zero-order valence-corrected chi connectivity index (χ0v) is 13.8. The average Bonchev–Trinajstić information content (AvgIpc) is 2.38.